The van der Waals surface area contributed by atoms with Crippen LogP contribution >= 0.6 is 0 Å². The summed E-state index contributed by atoms with van der Waals surface area (Å²) in [6.07, 6.45) is 5.67. The van der Waals surface area contributed by atoms with Crippen LogP contribution in [-0.2, 0) is 6.54 Å². The second-order valence-corrected chi connectivity index (χ2v) is 11.0. The number of rotatable bonds is 7. The Morgan fingerprint density at radius 2 is 2.11 bits per heavy atom. The minimum absolute atomic E-state index is 0.0249. The van der Waals surface area contributed by atoms with Crippen LogP contribution in [0.3, 0.4) is 0 Å². The van der Waals surface area contributed by atoms with Gasteiger partial charge in [-0.15, -0.1) is 0 Å². The Morgan fingerprint density at radius 3 is 2.82 bits per heavy atom. The number of halogens is 1. The van der Waals surface area contributed by atoms with Crippen molar-refractivity contribution < 1.29 is 14.3 Å². The van der Waals surface area contributed by atoms with Crippen LogP contribution in [0.2, 0.25) is 0 Å². The molecule has 2 unspecified atom stereocenters. The minimum Gasteiger partial charge on any atom is -0.392 e. The van der Waals surface area contributed by atoms with Crippen molar-refractivity contribution >= 4 is 29.0 Å². The number of fused-ring (bicyclic) bond motifs is 1. The molecule has 2 atom stereocenters. The summed E-state index contributed by atoms with van der Waals surface area (Å²) in [5, 5.41) is 19.4. The summed E-state index contributed by atoms with van der Waals surface area (Å²) >= 11 is 0. The van der Waals surface area contributed by atoms with E-state index in [2.05, 4.69) is 62.7 Å². The number of nitrogens with one attached hydrogen (secondary N) is 3. The Hall–Kier alpha value is -3.66. The molecule has 2 aromatic heterocycles. The highest BCUT2D eigenvalue weighted by molar-refractivity contribution is 6.03. The number of carbonyl (C=O) groups is 1. The number of allylic oxidation sites excluding steroid dienone is 1. The molecule has 10 heteroatoms. The molecule has 4 N–H and O–H groups in total. The van der Waals surface area contributed by atoms with Gasteiger partial charge in [-0.25, -0.2) is 14.4 Å². The largest absolute Gasteiger partial charge is 0.392 e. The first-order chi connectivity index (χ1) is 18.2. The first-order valence-corrected chi connectivity index (χ1v) is 13.2. The molecule has 1 amide bonds. The lowest BCUT2D eigenvalue weighted by molar-refractivity contribution is 0.0336. The lowest BCUT2D eigenvalue weighted by Crippen LogP contribution is -2.48. The number of aromatic nitrogens is 2. The molecule has 3 aliphatic rings. The van der Waals surface area contributed by atoms with Crippen LogP contribution in [0.15, 0.2) is 43.3 Å². The van der Waals surface area contributed by atoms with E-state index in [0.29, 0.717) is 24.3 Å². The van der Waals surface area contributed by atoms with Gasteiger partial charge in [-0.05, 0) is 37.5 Å². The van der Waals surface area contributed by atoms with Gasteiger partial charge in [0.25, 0.3) is 5.91 Å². The highest BCUT2D eigenvalue weighted by atomic mass is 19.1. The molecule has 202 valence electrons. The smallest absolute Gasteiger partial charge is 0.255 e. The number of nitrogens with zero attached hydrogens (tertiary/aromatic N) is 4. The number of pyridine rings is 2. The Bertz CT molecular complexity index is 1250. The van der Waals surface area contributed by atoms with Gasteiger partial charge in [0.1, 0.15) is 11.6 Å². The highest BCUT2D eigenvalue weighted by Crippen LogP contribution is 2.34. The van der Waals surface area contributed by atoms with Crippen molar-refractivity contribution in [3.05, 3.63) is 60.2 Å². The van der Waals surface area contributed by atoms with Gasteiger partial charge in [0, 0.05) is 55.4 Å². The zero-order valence-electron chi connectivity index (χ0n) is 22.1. The fourth-order valence-electron chi connectivity index (χ4n) is 5.48. The molecule has 9 nitrogen and oxygen atoms in total. The van der Waals surface area contributed by atoms with Crippen molar-refractivity contribution in [1.29, 1.82) is 0 Å². The van der Waals surface area contributed by atoms with Crippen molar-refractivity contribution in [3.8, 4) is 0 Å². The number of piperidine rings is 2. The molecule has 2 saturated heterocycles. The third-order valence-corrected chi connectivity index (χ3v) is 7.82. The Labute approximate surface area is 222 Å². The number of hydrogen-bond acceptors (Lipinski definition) is 8. The monoisotopic (exact) mass is 521 g/mol. The average molecular weight is 522 g/mol. The number of amides is 1. The van der Waals surface area contributed by atoms with Crippen molar-refractivity contribution in [2.24, 2.45) is 5.41 Å². The fourth-order valence-corrected chi connectivity index (χ4v) is 5.48. The van der Waals surface area contributed by atoms with Crippen molar-refractivity contribution in [2.75, 3.05) is 41.7 Å². The normalized spacial score (nSPS) is 22.5. The summed E-state index contributed by atoms with van der Waals surface area (Å²) in [5.41, 5.74) is 2.09. The maximum atomic E-state index is 15.5. The van der Waals surface area contributed by atoms with E-state index in [1.165, 1.54) is 0 Å². The van der Waals surface area contributed by atoms with E-state index in [-0.39, 0.29) is 47.2 Å². The molecule has 2 aromatic rings. The lowest BCUT2D eigenvalue weighted by Gasteiger charge is -2.42. The fraction of sp³-hybridized carbons (Fsp3) is 0.464. The van der Waals surface area contributed by atoms with Gasteiger partial charge in [-0.3, -0.25) is 4.79 Å². The number of hydrogen-bond donors (Lipinski definition) is 4. The molecule has 0 saturated carbocycles. The van der Waals surface area contributed by atoms with E-state index >= 15 is 4.39 Å². The average Bonchev–Trinajstić information content (AvgIpc) is 3.30. The highest BCUT2D eigenvalue weighted by Gasteiger charge is 2.35. The Balaban J connectivity index is 1.36. The summed E-state index contributed by atoms with van der Waals surface area (Å²) < 4.78 is 15.5. The SMILES string of the molecule is C=CC(=C)N1CCCC(Nc2nc(Nc3ccc(N4CCC(O)C(C)(C)C4)cn3)c3c(c2F)CNC3=O)C1. The predicted molar refractivity (Wildman–Crippen MR) is 147 cm³/mol. The summed E-state index contributed by atoms with van der Waals surface area (Å²) in [6, 6.07) is 3.75. The molecule has 38 heavy (non-hydrogen) atoms. The number of aliphatic hydroxyl groups is 1. The first kappa shape index (κ1) is 26.0. The maximum Gasteiger partial charge on any atom is 0.255 e. The quantitative estimate of drug-likeness (QED) is 0.408. The minimum atomic E-state index is -0.512. The van der Waals surface area contributed by atoms with E-state index in [0.717, 1.165) is 43.9 Å². The standard InChI is InChI=1S/C28H36FN7O2/c1-5-17(2)35-11-6-7-18(15-35)32-26-24(29)20-14-31-27(38)23(20)25(34-26)33-22-9-8-19(13-30-22)36-12-10-21(37)28(3,4)16-36/h5,8-9,13,18,21,37H,1-2,6-7,10-12,14-16H2,3-4H3,(H,31,38)(H2,30,32,33,34). The number of aliphatic hydroxyl groups excluding tert-OH is 1. The van der Waals surface area contributed by atoms with Gasteiger partial charge in [-0.2, -0.15) is 0 Å². The van der Waals surface area contributed by atoms with Crippen LogP contribution in [0, 0.1) is 11.2 Å². The molecular formula is C28H36FN7O2. The zero-order chi connectivity index (χ0) is 27.0. The third-order valence-electron chi connectivity index (χ3n) is 7.82. The van der Waals surface area contributed by atoms with Crippen LogP contribution in [0.5, 0.6) is 0 Å². The summed E-state index contributed by atoms with van der Waals surface area (Å²) in [5.74, 6) is 0.0105. The summed E-state index contributed by atoms with van der Waals surface area (Å²) in [7, 11) is 0. The summed E-state index contributed by atoms with van der Waals surface area (Å²) in [6.45, 7) is 15.1. The van der Waals surface area contributed by atoms with Gasteiger partial charge in [0.05, 0.1) is 23.6 Å². The Morgan fingerprint density at radius 1 is 1.29 bits per heavy atom. The van der Waals surface area contributed by atoms with Crippen LogP contribution < -0.4 is 20.9 Å². The second kappa shape index (κ2) is 10.2. The van der Waals surface area contributed by atoms with E-state index in [9.17, 15) is 9.90 Å². The molecule has 5 rings (SSSR count). The molecule has 0 aliphatic carbocycles. The lowest BCUT2D eigenvalue weighted by atomic mass is 9.81. The molecule has 0 bridgehead atoms. The van der Waals surface area contributed by atoms with E-state index in [1.54, 1.807) is 12.3 Å². The molecule has 5 heterocycles. The van der Waals surface area contributed by atoms with Crippen molar-refractivity contribution in [1.82, 2.24) is 20.2 Å². The van der Waals surface area contributed by atoms with E-state index in [1.807, 2.05) is 12.1 Å². The van der Waals surface area contributed by atoms with Gasteiger partial charge >= 0.3 is 0 Å². The van der Waals surface area contributed by atoms with Gasteiger partial charge in [0.2, 0.25) is 0 Å². The number of likely N-dealkylation sites (tertiary alicyclic amines) is 1. The molecule has 0 aromatic carbocycles. The number of carbonyl (C=O) groups excluding carboxylic acids is 1. The third kappa shape index (κ3) is 5.05. The molecule has 0 radical (unpaired) electrons. The first-order valence-electron chi connectivity index (χ1n) is 13.2. The van der Waals surface area contributed by atoms with E-state index in [4.69, 9.17) is 0 Å². The molecule has 3 aliphatic heterocycles. The number of anilines is 4. The maximum absolute atomic E-state index is 15.5. The topological polar surface area (TPSA) is 106 Å². The van der Waals surface area contributed by atoms with Crippen molar-refractivity contribution in [3.63, 3.8) is 0 Å². The second-order valence-electron chi connectivity index (χ2n) is 11.0. The zero-order valence-corrected chi connectivity index (χ0v) is 22.1. The van der Waals surface area contributed by atoms with Crippen LogP contribution in [0.1, 0.15) is 49.0 Å². The van der Waals surface area contributed by atoms with Crippen LogP contribution in [0.25, 0.3) is 0 Å². The van der Waals surface area contributed by atoms with Gasteiger partial charge in [-0.1, -0.05) is 27.0 Å². The Kier molecular flexibility index (Phi) is 7.00. The van der Waals surface area contributed by atoms with Gasteiger partial charge in [0.15, 0.2) is 11.6 Å². The molecular weight excluding hydrogens is 485 g/mol. The molecule has 0 spiro atoms. The summed E-state index contributed by atoms with van der Waals surface area (Å²) in [4.78, 5) is 26.0. The van der Waals surface area contributed by atoms with Crippen LogP contribution in [-0.4, -0.2) is 64.2 Å². The van der Waals surface area contributed by atoms with Gasteiger partial charge < -0.3 is 30.9 Å². The molecule has 2 fully saturated rings. The predicted octanol–water partition coefficient (Wildman–Crippen LogP) is 3.78. The van der Waals surface area contributed by atoms with Crippen LogP contribution in [0.4, 0.5) is 27.5 Å². The van der Waals surface area contributed by atoms with E-state index < -0.39 is 5.82 Å². The van der Waals surface area contributed by atoms with Crippen molar-refractivity contribution in [2.45, 2.75) is 51.8 Å².